The maximum atomic E-state index is 10.9. The lowest BCUT2D eigenvalue weighted by atomic mass is 10.1. The Morgan fingerprint density at radius 3 is 3.00 bits per heavy atom. The van der Waals surface area contributed by atoms with Crippen LogP contribution in [0.15, 0.2) is 24.4 Å². The van der Waals surface area contributed by atoms with Crippen molar-refractivity contribution in [3.8, 4) is 0 Å². The zero-order chi connectivity index (χ0) is 9.68. The van der Waals surface area contributed by atoms with E-state index in [1.807, 2.05) is 18.2 Å². The number of aromatic nitrogens is 1. The molecule has 0 aromatic carbocycles. The molecule has 1 atom stereocenters. The predicted molar refractivity (Wildman–Crippen MR) is 47.9 cm³/mol. The van der Waals surface area contributed by atoms with Crippen LogP contribution in [0.2, 0.25) is 0 Å². The molecule has 0 radical (unpaired) electrons. The second-order valence-corrected chi connectivity index (χ2v) is 2.65. The Morgan fingerprint density at radius 2 is 2.46 bits per heavy atom. The number of ether oxygens (including phenoxy) is 1. The zero-order valence-electron chi connectivity index (χ0n) is 7.43. The van der Waals surface area contributed by atoms with Crippen LogP contribution in [0.5, 0.6) is 0 Å². The molecule has 1 unspecified atom stereocenters. The Bertz CT molecular complexity index is 274. The van der Waals surface area contributed by atoms with Gasteiger partial charge >= 0.3 is 5.97 Å². The van der Waals surface area contributed by atoms with Gasteiger partial charge in [0.25, 0.3) is 0 Å². The van der Waals surface area contributed by atoms with Crippen molar-refractivity contribution in [3.05, 3.63) is 30.1 Å². The fraction of sp³-hybridized carbons (Fsp3) is 0.333. The molecular weight excluding hydrogens is 168 g/mol. The van der Waals surface area contributed by atoms with E-state index < -0.39 is 12.0 Å². The molecule has 1 aromatic rings. The van der Waals surface area contributed by atoms with Gasteiger partial charge in [0.05, 0.1) is 7.11 Å². The molecule has 0 fully saturated rings. The smallest absolute Gasteiger partial charge is 0.323 e. The minimum atomic E-state index is -0.625. The third-order valence-corrected chi connectivity index (χ3v) is 1.66. The minimum absolute atomic E-state index is 0.410. The summed E-state index contributed by atoms with van der Waals surface area (Å²) in [6, 6.07) is 4.86. The summed E-state index contributed by atoms with van der Waals surface area (Å²) in [7, 11) is 1.32. The van der Waals surface area contributed by atoms with Crippen LogP contribution in [0.1, 0.15) is 5.69 Å². The van der Waals surface area contributed by atoms with E-state index in [2.05, 4.69) is 9.72 Å². The SMILES string of the molecule is COC(=O)C(N)Cc1ccccn1. The van der Waals surface area contributed by atoms with Crippen LogP contribution in [0.25, 0.3) is 0 Å². The highest BCUT2D eigenvalue weighted by atomic mass is 16.5. The van der Waals surface area contributed by atoms with Crippen molar-refractivity contribution in [1.29, 1.82) is 0 Å². The summed E-state index contributed by atoms with van der Waals surface area (Å²) in [5, 5.41) is 0. The Morgan fingerprint density at radius 1 is 1.69 bits per heavy atom. The molecule has 13 heavy (non-hydrogen) atoms. The maximum Gasteiger partial charge on any atom is 0.323 e. The molecule has 0 aliphatic heterocycles. The molecule has 0 aliphatic rings. The number of methoxy groups -OCH3 is 1. The van der Waals surface area contributed by atoms with Crippen LogP contribution in [-0.2, 0) is 16.0 Å². The van der Waals surface area contributed by atoms with Gasteiger partial charge in [-0.3, -0.25) is 9.78 Å². The number of esters is 1. The van der Waals surface area contributed by atoms with Crippen molar-refractivity contribution < 1.29 is 9.53 Å². The third-order valence-electron chi connectivity index (χ3n) is 1.66. The third kappa shape index (κ3) is 2.83. The van der Waals surface area contributed by atoms with Gasteiger partial charge in [0.2, 0.25) is 0 Å². The molecule has 1 aromatic heterocycles. The van der Waals surface area contributed by atoms with E-state index in [1.54, 1.807) is 6.20 Å². The lowest BCUT2D eigenvalue weighted by molar-refractivity contribution is -0.142. The number of rotatable bonds is 3. The molecule has 0 bridgehead atoms. The summed E-state index contributed by atoms with van der Waals surface area (Å²) in [5.41, 5.74) is 6.34. The van der Waals surface area contributed by atoms with Gasteiger partial charge in [-0.25, -0.2) is 0 Å². The Kier molecular flexibility index (Phi) is 3.40. The lowest BCUT2D eigenvalue weighted by Gasteiger charge is -2.07. The van der Waals surface area contributed by atoms with E-state index in [4.69, 9.17) is 5.73 Å². The van der Waals surface area contributed by atoms with Gasteiger partial charge in [-0.2, -0.15) is 0 Å². The molecule has 70 valence electrons. The van der Waals surface area contributed by atoms with Crippen molar-refractivity contribution in [2.75, 3.05) is 7.11 Å². The first-order chi connectivity index (χ1) is 6.24. The van der Waals surface area contributed by atoms with Crippen LogP contribution >= 0.6 is 0 Å². The maximum absolute atomic E-state index is 10.9. The molecule has 1 rings (SSSR count). The largest absolute Gasteiger partial charge is 0.468 e. The fourth-order valence-electron chi connectivity index (χ4n) is 0.979. The van der Waals surface area contributed by atoms with Gasteiger partial charge in [0.15, 0.2) is 0 Å². The van der Waals surface area contributed by atoms with Crippen LogP contribution < -0.4 is 5.73 Å². The monoisotopic (exact) mass is 180 g/mol. The van der Waals surface area contributed by atoms with E-state index in [-0.39, 0.29) is 0 Å². The van der Waals surface area contributed by atoms with Crippen molar-refractivity contribution in [1.82, 2.24) is 4.98 Å². The van der Waals surface area contributed by atoms with Crippen LogP contribution in [-0.4, -0.2) is 24.1 Å². The van der Waals surface area contributed by atoms with Gasteiger partial charge in [-0.1, -0.05) is 6.07 Å². The number of nitrogens with two attached hydrogens (primary N) is 1. The first-order valence-electron chi connectivity index (χ1n) is 3.97. The number of hydrogen-bond acceptors (Lipinski definition) is 4. The molecular formula is C9H12N2O2. The standard InChI is InChI=1S/C9H12N2O2/c1-13-9(12)8(10)6-7-4-2-3-5-11-7/h2-5,8H,6,10H2,1H3. The van der Waals surface area contributed by atoms with E-state index in [0.717, 1.165) is 5.69 Å². The number of nitrogens with zero attached hydrogens (tertiary/aromatic N) is 1. The molecule has 4 nitrogen and oxygen atoms in total. The quantitative estimate of drug-likeness (QED) is 0.671. The predicted octanol–water partition coefficient (Wildman–Crippen LogP) is 0.124. The summed E-state index contributed by atoms with van der Waals surface area (Å²) < 4.78 is 4.49. The van der Waals surface area contributed by atoms with Crippen LogP contribution in [0.3, 0.4) is 0 Å². The zero-order valence-corrected chi connectivity index (χ0v) is 7.43. The number of hydrogen-bond donors (Lipinski definition) is 1. The minimum Gasteiger partial charge on any atom is -0.468 e. The number of carbonyl (C=O) groups is 1. The molecule has 0 saturated carbocycles. The van der Waals surface area contributed by atoms with Crippen molar-refractivity contribution >= 4 is 5.97 Å². The molecule has 4 heteroatoms. The normalized spacial score (nSPS) is 12.2. The molecule has 0 aliphatic carbocycles. The summed E-state index contributed by atoms with van der Waals surface area (Å²) in [6.45, 7) is 0. The first-order valence-corrected chi connectivity index (χ1v) is 3.97. The van der Waals surface area contributed by atoms with Gasteiger partial charge in [0.1, 0.15) is 6.04 Å². The molecule has 2 N–H and O–H groups in total. The van der Waals surface area contributed by atoms with E-state index in [0.29, 0.717) is 6.42 Å². The highest BCUT2D eigenvalue weighted by molar-refractivity contribution is 5.75. The highest BCUT2D eigenvalue weighted by Gasteiger charge is 2.14. The van der Waals surface area contributed by atoms with Crippen molar-refractivity contribution in [3.63, 3.8) is 0 Å². The molecule has 0 spiro atoms. The van der Waals surface area contributed by atoms with Gasteiger partial charge in [-0.15, -0.1) is 0 Å². The molecule has 1 heterocycles. The summed E-state index contributed by atoms with van der Waals surface area (Å²) >= 11 is 0. The molecule has 0 saturated heterocycles. The second kappa shape index (κ2) is 4.57. The van der Waals surface area contributed by atoms with Crippen molar-refractivity contribution in [2.45, 2.75) is 12.5 Å². The van der Waals surface area contributed by atoms with E-state index in [1.165, 1.54) is 7.11 Å². The topological polar surface area (TPSA) is 65.2 Å². The van der Waals surface area contributed by atoms with Gasteiger partial charge < -0.3 is 10.5 Å². The summed E-state index contributed by atoms with van der Waals surface area (Å²) in [4.78, 5) is 15.0. The Labute approximate surface area is 76.7 Å². The Hall–Kier alpha value is -1.42. The summed E-state index contributed by atoms with van der Waals surface area (Å²) in [6.07, 6.45) is 2.08. The van der Waals surface area contributed by atoms with Crippen molar-refractivity contribution in [2.24, 2.45) is 5.73 Å². The van der Waals surface area contributed by atoms with E-state index in [9.17, 15) is 4.79 Å². The van der Waals surface area contributed by atoms with Crippen LogP contribution in [0.4, 0.5) is 0 Å². The summed E-state index contributed by atoms with van der Waals surface area (Å²) in [5.74, 6) is -0.411. The average molecular weight is 180 g/mol. The molecule has 0 amide bonds. The Balaban J connectivity index is 2.55. The average Bonchev–Trinajstić information content (AvgIpc) is 2.18. The fourth-order valence-corrected chi connectivity index (χ4v) is 0.979. The number of carbonyl (C=O) groups excluding carboxylic acids is 1. The highest BCUT2D eigenvalue weighted by Crippen LogP contribution is 1.98. The first kappa shape index (κ1) is 9.67. The lowest BCUT2D eigenvalue weighted by Crippen LogP contribution is -2.33. The number of pyridine rings is 1. The second-order valence-electron chi connectivity index (χ2n) is 2.65. The van der Waals surface area contributed by atoms with E-state index >= 15 is 0 Å². The van der Waals surface area contributed by atoms with Crippen LogP contribution in [0, 0.1) is 0 Å². The van der Waals surface area contributed by atoms with Gasteiger partial charge in [-0.05, 0) is 12.1 Å². The van der Waals surface area contributed by atoms with Gasteiger partial charge in [0, 0.05) is 18.3 Å².